The molecule has 1 saturated heterocycles. The van der Waals surface area contributed by atoms with Crippen molar-refractivity contribution >= 4 is 32.4 Å². The Hall–Kier alpha value is -1.84. The van der Waals surface area contributed by atoms with Crippen LogP contribution in [0.1, 0.15) is 35.6 Å². The summed E-state index contributed by atoms with van der Waals surface area (Å²) < 4.78 is 27.5. The molecule has 1 aromatic heterocycles. The molecule has 7 nitrogen and oxygen atoms in total. The van der Waals surface area contributed by atoms with Crippen molar-refractivity contribution < 1.29 is 13.2 Å². The Balaban J connectivity index is 1.82. The van der Waals surface area contributed by atoms with Gasteiger partial charge in [0, 0.05) is 18.7 Å². The SMILES string of the molecule is Cc1nnc(NC(=O)c2cccc(S(=O)(=O)N3CC(C)CC(C)C3)c2)s1. The Bertz CT molecular complexity index is 900. The molecule has 9 heteroatoms. The smallest absolute Gasteiger partial charge is 0.257 e. The van der Waals surface area contributed by atoms with Crippen LogP contribution in [0.4, 0.5) is 5.13 Å². The minimum atomic E-state index is -3.62. The molecule has 0 bridgehead atoms. The van der Waals surface area contributed by atoms with Gasteiger partial charge in [0.05, 0.1) is 4.90 Å². The first-order valence-electron chi connectivity index (χ1n) is 8.47. The number of carbonyl (C=O) groups is 1. The van der Waals surface area contributed by atoms with E-state index < -0.39 is 15.9 Å². The van der Waals surface area contributed by atoms with Crippen LogP contribution >= 0.6 is 11.3 Å². The highest BCUT2D eigenvalue weighted by atomic mass is 32.2. The molecule has 26 heavy (non-hydrogen) atoms. The fourth-order valence-corrected chi connectivity index (χ4v) is 5.58. The van der Waals surface area contributed by atoms with Crippen LogP contribution < -0.4 is 5.32 Å². The van der Waals surface area contributed by atoms with Gasteiger partial charge in [-0.3, -0.25) is 10.1 Å². The fourth-order valence-electron chi connectivity index (χ4n) is 3.27. The van der Waals surface area contributed by atoms with Crippen molar-refractivity contribution in [1.29, 1.82) is 0 Å². The number of rotatable bonds is 4. The molecule has 0 spiro atoms. The van der Waals surface area contributed by atoms with Gasteiger partial charge in [0.15, 0.2) is 0 Å². The Morgan fingerprint density at radius 1 is 1.23 bits per heavy atom. The van der Waals surface area contributed by atoms with E-state index in [-0.39, 0.29) is 10.5 Å². The highest BCUT2D eigenvalue weighted by Crippen LogP contribution is 2.27. The van der Waals surface area contributed by atoms with Gasteiger partial charge in [-0.1, -0.05) is 31.3 Å². The van der Waals surface area contributed by atoms with E-state index in [9.17, 15) is 13.2 Å². The van der Waals surface area contributed by atoms with E-state index in [1.807, 2.05) is 0 Å². The predicted octanol–water partition coefficient (Wildman–Crippen LogP) is 2.77. The molecule has 3 rings (SSSR count). The number of carbonyl (C=O) groups excluding carboxylic acids is 1. The summed E-state index contributed by atoms with van der Waals surface area (Å²) >= 11 is 1.26. The molecule has 1 amide bonds. The van der Waals surface area contributed by atoms with Gasteiger partial charge in [0.25, 0.3) is 5.91 Å². The molecule has 1 aliphatic heterocycles. The number of hydrogen-bond acceptors (Lipinski definition) is 6. The molecule has 0 radical (unpaired) electrons. The second-order valence-corrected chi connectivity index (χ2v) is 10.00. The van der Waals surface area contributed by atoms with E-state index in [0.29, 0.717) is 30.1 Å². The molecule has 1 aliphatic rings. The largest absolute Gasteiger partial charge is 0.296 e. The number of nitrogens with one attached hydrogen (secondary N) is 1. The molecule has 2 unspecified atom stereocenters. The molecule has 2 aromatic rings. The molecule has 0 saturated carbocycles. The van der Waals surface area contributed by atoms with Crippen LogP contribution in [0.15, 0.2) is 29.2 Å². The number of sulfonamides is 1. The van der Waals surface area contributed by atoms with Crippen molar-refractivity contribution in [3.8, 4) is 0 Å². The summed E-state index contributed by atoms with van der Waals surface area (Å²) in [4.78, 5) is 12.5. The zero-order valence-corrected chi connectivity index (χ0v) is 16.6. The Morgan fingerprint density at radius 2 is 1.92 bits per heavy atom. The monoisotopic (exact) mass is 394 g/mol. The molecular formula is C17H22N4O3S2. The molecule has 1 N–H and O–H groups in total. The van der Waals surface area contributed by atoms with Gasteiger partial charge in [-0.05, 0) is 43.4 Å². The lowest BCUT2D eigenvalue weighted by molar-refractivity contribution is 0.102. The number of aromatic nitrogens is 2. The van der Waals surface area contributed by atoms with Crippen LogP contribution in [0.25, 0.3) is 0 Å². The first kappa shape index (κ1) is 18.9. The molecule has 1 aromatic carbocycles. The zero-order valence-electron chi connectivity index (χ0n) is 15.0. The lowest BCUT2D eigenvalue weighted by Gasteiger charge is -2.34. The predicted molar refractivity (Wildman–Crippen MR) is 101 cm³/mol. The second kappa shape index (κ2) is 7.42. The molecular weight excluding hydrogens is 372 g/mol. The lowest BCUT2D eigenvalue weighted by atomic mass is 9.94. The Labute approximate surface area is 157 Å². The van der Waals surface area contributed by atoms with Gasteiger partial charge in [0.1, 0.15) is 5.01 Å². The van der Waals surface area contributed by atoms with Crippen molar-refractivity contribution in [2.45, 2.75) is 32.1 Å². The van der Waals surface area contributed by atoms with Crippen molar-refractivity contribution in [2.24, 2.45) is 11.8 Å². The maximum Gasteiger partial charge on any atom is 0.257 e. The molecule has 2 atom stereocenters. The topological polar surface area (TPSA) is 92.3 Å². The quantitative estimate of drug-likeness (QED) is 0.861. The van der Waals surface area contributed by atoms with Gasteiger partial charge in [-0.15, -0.1) is 10.2 Å². The zero-order chi connectivity index (χ0) is 18.9. The number of piperidine rings is 1. The van der Waals surface area contributed by atoms with Crippen molar-refractivity contribution in [1.82, 2.24) is 14.5 Å². The normalized spacial score (nSPS) is 21.5. The lowest BCUT2D eigenvalue weighted by Crippen LogP contribution is -2.42. The van der Waals surface area contributed by atoms with E-state index in [1.54, 1.807) is 19.1 Å². The van der Waals surface area contributed by atoms with E-state index in [0.717, 1.165) is 11.4 Å². The van der Waals surface area contributed by atoms with Crippen LogP contribution in [0, 0.1) is 18.8 Å². The number of nitrogens with zero attached hydrogens (tertiary/aromatic N) is 3. The van der Waals surface area contributed by atoms with E-state index in [2.05, 4.69) is 29.4 Å². The molecule has 1 fully saturated rings. The second-order valence-electron chi connectivity index (χ2n) is 6.88. The summed E-state index contributed by atoms with van der Waals surface area (Å²) in [6, 6.07) is 6.13. The van der Waals surface area contributed by atoms with Gasteiger partial charge in [-0.2, -0.15) is 4.31 Å². The highest BCUT2D eigenvalue weighted by molar-refractivity contribution is 7.89. The average Bonchev–Trinajstić information content (AvgIpc) is 2.99. The number of aryl methyl sites for hydroxylation is 1. The summed E-state index contributed by atoms with van der Waals surface area (Å²) in [7, 11) is -3.62. The third kappa shape index (κ3) is 4.11. The van der Waals surface area contributed by atoms with Crippen molar-refractivity contribution in [2.75, 3.05) is 18.4 Å². The maximum absolute atomic E-state index is 13.0. The van der Waals surface area contributed by atoms with Gasteiger partial charge >= 0.3 is 0 Å². The average molecular weight is 395 g/mol. The summed E-state index contributed by atoms with van der Waals surface area (Å²) in [6.07, 6.45) is 1.02. The van der Waals surface area contributed by atoms with E-state index >= 15 is 0 Å². The third-order valence-corrected chi connectivity index (χ3v) is 6.90. The number of benzene rings is 1. The van der Waals surface area contributed by atoms with Crippen LogP contribution in [0.2, 0.25) is 0 Å². The van der Waals surface area contributed by atoms with Gasteiger partial charge < -0.3 is 0 Å². The molecule has 2 heterocycles. The van der Waals surface area contributed by atoms with E-state index in [1.165, 1.54) is 27.8 Å². The van der Waals surface area contributed by atoms with E-state index in [4.69, 9.17) is 0 Å². The van der Waals surface area contributed by atoms with Crippen LogP contribution in [-0.2, 0) is 10.0 Å². The summed E-state index contributed by atoms with van der Waals surface area (Å²) in [5, 5.41) is 11.5. The fraction of sp³-hybridized carbons (Fsp3) is 0.471. The molecule has 0 aliphatic carbocycles. The standard InChI is InChI=1S/C17H22N4O3S2/c1-11-7-12(2)10-21(9-11)26(23,24)15-6-4-5-14(8-15)16(22)18-17-20-19-13(3)25-17/h4-6,8,11-12H,7,9-10H2,1-3H3,(H,18,20,22). The Kier molecular flexibility index (Phi) is 5.40. The molecule has 140 valence electrons. The highest BCUT2D eigenvalue weighted by Gasteiger charge is 2.32. The minimum Gasteiger partial charge on any atom is -0.296 e. The number of hydrogen-bond donors (Lipinski definition) is 1. The number of amides is 1. The maximum atomic E-state index is 13.0. The summed E-state index contributed by atoms with van der Waals surface area (Å²) in [5.41, 5.74) is 0.275. The van der Waals surface area contributed by atoms with Gasteiger partial charge in [-0.25, -0.2) is 8.42 Å². The first-order valence-corrected chi connectivity index (χ1v) is 10.7. The summed E-state index contributed by atoms with van der Waals surface area (Å²) in [6.45, 7) is 6.93. The van der Waals surface area contributed by atoms with Crippen molar-refractivity contribution in [3.63, 3.8) is 0 Å². The van der Waals surface area contributed by atoms with Crippen LogP contribution in [-0.4, -0.2) is 41.9 Å². The number of anilines is 1. The summed E-state index contributed by atoms with van der Waals surface area (Å²) in [5.74, 6) is 0.236. The van der Waals surface area contributed by atoms with Gasteiger partial charge in [0.2, 0.25) is 15.2 Å². The Morgan fingerprint density at radius 3 is 2.54 bits per heavy atom. The van der Waals surface area contributed by atoms with Crippen LogP contribution in [0.5, 0.6) is 0 Å². The first-order chi connectivity index (χ1) is 12.3. The van der Waals surface area contributed by atoms with Crippen LogP contribution in [0.3, 0.4) is 0 Å². The third-order valence-electron chi connectivity index (χ3n) is 4.32. The van der Waals surface area contributed by atoms with Crippen molar-refractivity contribution in [3.05, 3.63) is 34.8 Å². The minimum absolute atomic E-state index is 0.139.